The predicted octanol–water partition coefficient (Wildman–Crippen LogP) is 3.04. The summed E-state index contributed by atoms with van der Waals surface area (Å²) in [6.45, 7) is 3.31. The maximum atomic E-state index is 11.8. The van der Waals surface area contributed by atoms with E-state index in [-0.39, 0.29) is 11.9 Å². The van der Waals surface area contributed by atoms with Gasteiger partial charge in [0.25, 0.3) is 0 Å². The van der Waals surface area contributed by atoms with E-state index in [2.05, 4.69) is 10.6 Å². The Bertz CT molecular complexity index is 475. The number of carbonyl (C=O) groups excluding carboxylic acids is 1. The molecule has 0 bridgehead atoms. The van der Waals surface area contributed by atoms with Gasteiger partial charge in [-0.05, 0) is 56.3 Å². The molecule has 0 radical (unpaired) electrons. The molecule has 1 aliphatic carbocycles. The van der Waals surface area contributed by atoms with Gasteiger partial charge in [0.2, 0.25) is 5.91 Å². The van der Waals surface area contributed by atoms with Crippen molar-refractivity contribution in [3.8, 4) is 0 Å². The fraction of sp³-hybridized carbons (Fsp3) is 0.533. The topological polar surface area (TPSA) is 41.1 Å². The molecular formula is C15H20Cl2N2O. The van der Waals surface area contributed by atoms with E-state index in [1.165, 1.54) is 12.8 Å². The van der Waals surface area contributed by atoms with Crippen LogP contribution in [0.5, 0.6) is 0 Å². The smallest absolute Gasteiger partial charge is 0.234 e. The largest absolute Gasteiger partial charge is 0.352 e. The van der Waals surface area contributed by atoms with Gasteiger partial charge in [0.15, 0.2) is 0 Å². The zero-order valence-corrected chi connectivity index (χ0v) is 13.1. The fourth-order valence-electron chi connectivity index (χ4n) is 2.11. The number of rotatable bonds is 7. The summed E-state index contributed by atoms with van der Waals surface area (Å²) in [5.74, 6) is 0.816. The minimum atomic E-state index is 0.0308. The molecule has 0 aromatic heterocycles. The third-order valence-electron chi connectivity index (χ3n) is 3.36. The first kappa shape index (κ1) is 15.6. The summed E-state index contributed by atoms with van der Waals surface area (Å²) in [4.78, 5) is 11.8. The Labute approximate surface area is 130 Å². The standard InChI is InChI=1S/C15H20Cl2N2O/c1-10(6-12-4-5-13(16)7-14(12)17)19-15(20)9-18-8-11-2-3-11/h4-5,7,10-11,18H,2-3,6,8-9H2,1H3,(H,19,20). The second kappa shape index (κ2) is 7.30. The molecule has 1 aromatic rings. The van der Waals surface area contributed by atoms with Crippen molar-refractivity contribution in [1.29, 1.82) is 0 Å². The number of carbonyl (C=O) groups is 1. The van der Waals surface area contributed by atoms with Crippen molar-refractivity contribution in [3.63, 3.8) is 0 Å². The van der Waals surface area contributed by atoms with Crippen LogP contribution in [0, 0.1) is 5.92 Å². The van der Waals surface area contributed by atoms with Crippen molar-refractivity contribution in [1.82, 2.24) is 10.6 Å². The summed E-state index contributed by atoms with van der Waals surface area (Å²) in [7, 11) is 0. The van der Waals surface area contributed by atoms with Gasteiger partial charge in [0, 0.05) is 16.1 Å². The third kappa shape index (κ3) is 5.31. The second-order valence-electron chi connectivity index (χ2n) is 5.48. The van der Waals surface area contributed by atoms with Crippen molar-refractivity contribution in [2.75, 3.05) is 13.1 Å². The molecule has 110 valence electrons. The van der Waals surface area contributed by atoms with E-state index in [0.29, 0.717) is 23.0 Å². The molecule has 0 spiro atoms. The van der Waals surface area contributed by atoms with Crippen LogP contribution in [0.1, 0.15) is 25.3 Å². The van der Waals surface area contributed by atoms with E-state index in [1.54, 1.807) is 6.07 Å². The Hall–Kier alpha value is -0.770. The van der Waals surface area contributed by atoms with Gasteiger partial charge in [-0.15, -0.1) is 0 Å². The van der Waals surface area contributed by atoms with Crippen LogP contribution < -0.4 is 10.6 Å². The molecule has 1 unspecified atom stereocenters. The fourth-order valence-corrected chi connectivity index (χ4v) is 2.59. The van der Waals surface area contributed by atoms with Crippen LogP contribution >= 0.6 is 23.2 Å². The van der Waals surface area contributed by atoms with E-state index < -0.39 is 0 Å². The summed E-state index contributed by atoms with van der Waals surface area (Å²) in [6, 6.07) is 5.49. The molecule has 1 saturated carbocycles. The third-order valence-corrected chi connectivity index (χ3v) is 3.95. The van der Waals surface area contributed by atoms with Crippen LogP contribution in [0.15, 0.2) is 18.2 Å². The summed E-state index contributed by atoms with van der Waals surface area (Å²) in [5, 5.41) is 7.42. The van der Waals surface area contributed by atoms with Crippen LogP contribution in [0.4, 0.5) is 0 Å². The average Bonchev–Trinajstić information content (AvgIpc) is 3.17. The summed E-state index contributed by atoms with van der Waals surface area (Å²) in [5.41, 5.74) is 0.995. The van der Waals surface area contributed by atoms with Crippen LogP contribution in [-0.4, -0.2) is 25.0 Å². The number of hydrogen-bond donors (Lipinski definition) is 2. The molecule has 0 aliphatic heterocycles. The second-order valence-corrected chi connectivity index (χ2v) is 6.33. The summed E-state index contributed by atoms with van der Waals surface area (Å²) < 4.78 is 0. The van der Waals surface area contributed by atoms with Gasteiger partial charge in [-0.2, -0.15) is 0 Å². The first-order valence-electron chi connectivity index (χ1n) is 6.98. The lowest BCUT2D eigenvalue weighted by atomic mass is 10.1. The Balaban J connectivity index is 1.72. The minimum Gasteiger partial charge on any atom is -0.352 e. The highest BCUT2D eigenvalue weighted by Gasteiger charge is 2.20. The van der Waals surface area contributed by atoms with Gasteiger partial charge in [-0.1, -0.05) is 29.3 Å². The predicted molar refractivity (Wildman–Crippen MR) is 83.4 cm³/mol. The van der Waals surface area contributed by atoms with Gasteiger partial charge in [0.05, 0.1) is 6.54 Å². The molecule has 3 nitrogen and oxygen atoms in total. The van der Waals surface area contributed by atoms with Crippen LogP contribution in [0.3, 0.4) is 0 Å². The normalized spacial score (nSPS) is 15.9. The van der Waals surface area contributed by atoms with Gasteiger partial charge >= 0.3 is 0 Å². The first-order valence-corrected chi connectivity index (χ1v) is 7.74. The van der Waals surface area contributed by atoms with E-state index in [9.17, 15) is 4.79 Å². The Kier molecular flexibility index (Phi) is 5.70. The van der Waals surface area contributed by atoms with Crippen molar-refractivity contribution in [2.24, 2.45) is 5.92 Å². The monoisotopic (exact) mass is 314 g/mol. The van der Waals surface area contributed by atoms with Gasteiger partial charge < -0.3 is 10.6 Å². The van der Waals surface area contributed by atoms with Crippen molar-refractivity contribution >= 4 is 29.1 Å². The summed E-state index contributed by atoms with van der Waals surface area (Å²) >= 11 is 12.0. The number of nitrogens with one attached hydrogen (secondary N) is 2. The average molecular weight is 315 g/mol. The Morgan fingerprint density at radius 1 is 1.40 bits per heavy atom. The molecule has 0 saturated heterocycles. The molecule has 0 heterocycles. The molecule has 5 heteroatoms. The molecule has 1 atom stereocenters. The highest BCUT2D eigenvalue weighted by molar-refractivity contribution is 6.35. The van der Waals surface area contributed by atoms with Gasteiger partial charge in [-0.25, -0.2) is 0 Å². The number of benzene rings is 1. The molecule has 1 aromatic carbocycles. The summed E-state index contributed by atoms with van der Waals surface area (Å²) in [6.07, 6.45) is 3.28. The van der Waals surface area contributed by atoms with E-state index in [1.807, 2.05) is 19.1 Å². The highest BCUT2D eigenvalue weighted by Crippen LogP contribution is 2.27. The van der Waals surface area contributed by atoms with Crippen LogP contribution in [0.25, 0.3) is 0 Å². The lowest BCUT2D eigenvalue weighted by Crippen LogP contribution is -2.40. The number of hydrogen-bond acceptors (Lipinski definition) is 2. The molecule has 20 heavy (non-hydrogen) atoms. The van der Waals surface area contributed by atoms with E-state index in [4.69, 9.17) is 23.2 Å². The van der Waals surface area contributed by atoms with E-state index in [0.717, 1.165) is 18.0 Å². The lowest BCUT2D eigenvalue weighted by Gasteiger charge is -2.15. The van der Waals surface area contributed by atoms with Crippen molar-refractivity contribution < 1.29 is 4.79 Å². The van der Waals surface area contributed by atoms with Crippen molar-refractivity contribution in [3.05, 3.63) is 33.8 Å². The number of halogens is 2. The maximum absolute atomic E-state index is 11.8. The SMILES string of the molecule is CC(Cc1ccc(Cl)cc1Cl)NC(=O)CNCC1CC1. The van der Waals surface area contributed by atoms with E-state index >= 15 is 0 Å². The molecule has 1 amide bonds. The molecular weight excluding hydrogens is 295 g/mol. The Morgan fingerprint density at radius 3 is 2.80 bits per heavy atom. The molecule has 2 N–H and O–H groups in total. The minimum absolute atomic E-state index is 0.0308. The van der Waals surface area contributed by atoms with Crippen LogP contribution in [-0.2, 0) is 11.2 Å². The Morgan fingerprint density at radius 2 is 2.15 bits per heavy atom. The first-order chi connectivity index (χ1) is 9.54. The maximum Gasteiger partial charge on any atom is 0.234 e. The van der Waals surface area contributed by atoms with Crippen LogP contribution in [0.2, 0.25) is 10.0 Å². The van der Waals surface area contributed by atoms with Crippen molar-refractivity contribution in [2.45, 2.75) is 32.2 Å². The molecule has 2 rings (SSSR count). The zero-order chi connectivity index (χ0) is 14.5. The molecule has 1 fully saturated rings. The molecule has 1 aliphatic rings. The zero-order valence-electron chi connectivity index (χ0n) is 11.6. The van der Waals surface area contributed by atoms with Gasteiger partial charge in [-0.3, -0.25) is 4.79 Å². The van der Waals surface area contributed by atoms with Gasteiger partial charge in [0.1, 0.15) is 0 Å². The quantitative estimate of drug-likeness (QED) is 0.812. The number of amides is 1. The lowest BCUT2D eigenvalue weighted by molar-refractivity contribution is -0.120. The highest BCUT2D eigenvalue weighted by atomic mass is 35.5.